The van der Waals surface area contributed by atoms with Gasteiger partial charge in [-0.15, -0.1) is 0 Å². The zero-order chi connectivity index (χ0) is 22.0. The maximum atomic E-state index is 12.6. The van der Waals surface area contributed by atoms with Crippen molar-refractivity contribution in [3.05, 3.63) is 94.0 Å². The molecule has 0 bridgehead atoms. The molecule has 0 aliphatic heterocycles. The number of hydrogen-bond donors (Lipinski definition) is 2. The molecule has 0 fully saturated rings. The van der Waals surface area contributed by atoms with E-state index >= 15 is 0 Å². The third-order valence-corrected chi connectivity index (χ3v) is 6.47. The van der Waals surface area contributed by atoms with Crippen molar-refractivity contribution in [3.63, 3.8) is 0 Å². The Morgan fingerprint density at radius 2 is 1.52 bits per heavy atom. The molecule has 1 aliphatic rings. The predicted octanol–water partition coefficient (Wildman–Crippen LogP) is 5.37. The highest BCUT2D eigenvalue weighted by Crippen LogP contribution is 2.44. The zero-order valence-corrected chi connectivity index (χ0v) is 18.6. The minimum atomic E-state index is -1.51. The van der Waals surface area contributed by atoms with Crippen LogP contribution in [0.4, 0.5) is 4.79 Å². The summed E-state index contributed by atoms with van der Waals surface area (Å²) in [5, 5.41) is 12.3. The summed E-state index contributed by atoms with van der Waals surface area (Å²) in [6.45, 7) is 1.61. The van der Waals surface area contributed by atoms with Crippen LogP contribution in [0.15, 0.2) is 77.3 Å². The van der Waals surface area contributed by atoms with Crippen molar-refractivity contribution < 1.29 is 19.4 Å². The lowest BCUT2D eigenvalue weighted by molar-refractivity contribution is -0.143. The van der Waals surface area contributed by atoms with Gasteiger partial charge in [-0.2, -0.15) is 0 Å². The van der Waals surface area contributed by atoms with E-state index in [-0.39, 0.29) is 18.9 Å². The molecule has 6 heteroatoms. The summed E-state index contributed by atoms with van der Waals surface area (Å²) >= 11 is 3.43. The van der Waals surface area contributed by atoms with Crippen LogP contribution in [-0.2, 0) is 16.0 Å². The van der Waals surface area contributed by atoms with Crippen LogP contribution in [0.5, 0.6) is 0 Å². The van der Waals surface area contributed by atoms with E-state index in [1.165, 1.54) is 6.92 Å². The second-order valence-corrected chi connectivity index (χ2v) is 8.71. The van der Waals surface area contributed by atoms with Crippen LogP contribution >= 0.6 is 15.9 Å². The van der Waals surface area contributed by atoms with Crippen molar-refractivity contribution in [2.75, 3.05) is 6.61 Å². The number of amides is 1. The van der Waals surface area contributed by atoms with Gasteiger partial charge >= 0.3 is 12.1 Å². The van der Waals surface area contributed by atoms with Crippen molar-refractivity contribution in [1.82, 2.24) is 5.32 Å². The number of carboxylic acid groups (broad SMARTS) is 1. The molecular formula is C25H22BrNO4. The topological polar surface area (TPSA) is 75.6 Å². The molecular weight excluding hydrogens is 458 g/mol. The number of ether oxygens (including phenoxy) is 1. The van der Waals surface area contributed by atoms with E-state index in [0.29, 0.717) is 0 Å². The number of hydrogen-bond acceptors (Lipinski definition) is 3. The average Bonchev–Trinajstić information content (AvgIpc) is 3.08. The summed E-state index contributed by atoms with van der Waals surface area (Å²) in [4.78, 5) is 24.6. The van der Waals surface area contributed by atoms with Gasteiger partial charge in [-0.25, -0.2) is 9.59 Å². The maximum absolute atomic E-state index is 12.6. The minimum Gasteiger partial charge on any atom is -0.480 e. The summed E-state index contributed by atoms with van der Waals surface area (Å²) in [6, 6.07) is 23.5. The van der Waals surface area contributed by atoms with Gasteiger partial charge in [0.15, 0.2) is 0 Å². The van der Waals surface area contributed by atoms with Gasteiger partial charge in [0.25, 0.3) is 0 Å². The molecule has 4 rings (SSSR count). The van der Waals surface area contributed by atoms with E-state index in [9.17, 15) is 14.7 Å². The van der Waals surface area contributed by atoms with Gasteiger partial charge in [-0.1, -0.05) is 82.7 Å². The fourth-order valence-corrected chi connectivity index (χ4v) is 4.48. The summed E-state index contributed by atoms with van der Waals surface area (Å²) in [5.41, 5.74) is 3.75. The summed E-state index contributed by atoms with van der Waals surface area (Å²) in [6.07, 6.45) is -0.632. The second kappa shape index (κ2) is 8.55. The minimum absolute atomic E-state index is 0.0856. The Morgan fingerprint density at radius 1 is 0.968 bits per heavy atom. The number of aliphatic carboxylic acids is 1. The van der Waals surface area contributed by atoms with Gasteiger partial charge in [0.2, 0.25) is 0 Å². The maximum Gasteiger partial charge on any atom is 0.408 e. The van der Waals surface area contributed by atoms with Crippen LogP contribution in [0.2, 0.25) is 0 Å². The van der Waals surface area contributed by atoms with Crippen LogP contribution < -0.4 is 5.32 Å². The smallest absolute Gasteiger partial charge is 0.408 e. The Balaban J connectivity index is 1.48. The fourth-order valence-electron chi connectivity index (χ4n) is 4.06. The van der Waals surface area contributed by atoms with Crippen molar-refractivity contribution in [1.29, 1.82) is 0 Å². The van der Waals surface area contributed by atoms with E-state index in [4.69, 9.17) is 4.74 Å². The molecule has 0 heterocycles. The van der Waals surface area contributed by atoms with E-state index in [0.717, 1.165) is 32.3 Å². The first kappa shape index (κ1) is 21.1. The first-order chi connectivity index (χ1) is 14.9. The van der Waals surface area contributed by atoms with Crippen molar-refractivity contribution in [2.45, 2.75) is 24.8 Å². The van der Waals surface area contributed by atoms with Crippen molar-refractivity contribution in [3.8, 4) is 11.1 Å². The molecule has 0 saturated heterocycles. The Bertz CT molecular complexity index is 1100. The third-order valence-electron chi connectivity index (χ3n) is 5.70. The van der Waals surface area contributed by atoms with Gasteiger partial charge in [0.05, 0.1) is 0 Å². The molecule has 5 nitrogen and oxygen atoms in total. The summed E-state index contributed by atoms with van der Waals surface area (Å²) < 4.78 is 6.32. The lowest BCUT2D eigenvalue weighted by atomic mass is 9.93. The van der Waals surface area contributed by atoms with Crippen LogP contribution in [0.1, 0.15) is 29.5 Å². The highest BCUT2D eigenvalue weighted by molar-refractivity contribution is 9.10. The molecule has 2 N–H and O–H groups in total. The molecule has 0 radical (unpaired) electrons. The first-order valence-corrected chi connectivity index (χ1v) is 10.8. The number of benzene rings is 3. The summed E-state index contributed by atoms with van der Waals surface area (Å²) in [7, 11) is 0. The Kier molecular flexibility index (Phi) is 5.83. The fraction of sp³-hybridized carbons (Fsp3) is 0.200. The SMILES string of the molecule is CC(Cc1ccccc1Br)(NC(=O)OCC1c2ccccc2-c2ccccc21)C(=O)O. The van der Waals surface area contributed by atoms with Crippen molar-refractivity contribution >= 4 is 28.0 Å². The quantitative estimate of drug-likeness (QED) is 0.497. The number of carboxylic acids is 1. The summed E-state index contributed by atoms with van der Waals surface area (Å²) in [5.74, 6) is -1.21. The molecule has 1 aliphatic carbocycles. The number of halogens is 1. The lowest BCUT2D eigenvalue weighted by Gasteiger charge is -2.27. The molecule has 158 valence electrons. The average molecular weight is 480 g/mol. The molecule has 1 unspecified atom stereocenters. The molecule has 1 amide bonds. The molecule has 31 heavy (non-hydrogen) atoms. The van der Waals surface area contributed by atoms with Crippen LogP contribution in [0, 0.1) is 0 Å². The Morgan fingerprint density at radius 3 is 2.10 bits per heavy atom. The normalized spacial score (nSPS) is 14.3. The number of carbonyl (C=O) groups is 2. The standard InChI is InChI=1S/C25H22BrNO4/c1-25(23(28)29,14-16-8-2-7-13-22(16)26)27-24(30)31-15-21-19-11-5-3-9-17(19)18-10-4-6-12-20(18)21/h2-13,21H,14-15H2,1H3,(H,27,30)(H,28,29). The number of fused-ring (bicyclic) bond motifs is 3. The van der Waals surface area contributed by atoms with Gasteiger partial charge < -0.3 is 15.2 Å². The second-order valence-electron chi connectivity index (χ2n) is 7.86. The first-order valence-electron chi connectivity index (χ1n) is 9.99. The number of nitrogens with one attached hydrogen (secondary N) is 1. The highest BCUT2D eigenvalue weighted by Gasteiger charge is 2.37. The predicted molar refractivity (Wildman–Crippen MR) is 122 cm³/mol. The zero-order valence-electron chi connectivity index (χ0n) is 17.0. The number of carbonyl (C=O) groups excluding carboxylic acids is 1. The molecule has 1 atom stereocenters. The molecule has 3 aromatic carbocycles. The van der Waals surface area contributed by atoms with Gasteiger partial charge in [0.1, 0.15) is 12.1 Å². The van der Waals surface area contributed by atoms with Crippen LogP contribution in [0.25, 0.3) is 11.1 Å². The molecule has 0 spiro atoms. The van der Waals surface area contributed by atoms with E-state index in [2.05, 4.69) is 33.4 Å². The van der Waals surface area contributed by atoms with E-state index in [1.807, 2.05) is 60.7 Å². The van der Waals surface area contributed by atoms with E-state index in [1.54, 1.807) is 0 Å². The number of alkyl carbamates (subject to hydrolysis) is 1. The lowest BCUT2D eigenvalue weighted by Crippen LogP contribution is -2.54. The van der Waals surface area contributed by atoms with Gasteiger partial charge in [0, 0.05) is 16.8 Å². The van der Waals surface area contributed by atoms with Crippen LogP contribution in [-0.4, -0.2) is 29.3 Å². The van der Waals surface area contributed by atoms with E-state index < -0.39 is 17.6 Å². The monoisotopic (exact) mass is 479 g/mol. The van der Waals surface area contributed by atoms with Crippen molar-refractivity contribution in [2.24, 2.45) is 0 Å². The Labute approximate surface area is 189 Å². The van der Waals surface area contributed by atoms with Gasteiger partial charge in [-0.05, 0) is 40.8 Å². The van der Waals surface area contributed by atoms with Crippen LogP contribution in [0.3, 0.4) is 0 Å². The largest absolute Gasteiger partial charge is 0.480 e. The van der Waals surface area contributed by atoms with Gasteiger partial charge in [-0.3, -0.25) is 0 Å². The number of rotatable bonds is 6. The molecule has 0 aromatic heterocycles. The highest BCUT2D eigenvalue weighted by atomic mass is 79.9. The molecule has 3 aromatic rings. The molecule has 0 saturated carbocycles. The third kappa shape index (κ3) is 4.21. The Hall–Kier alpha value is -3.12.